The number of hydrogen-bond donors (Lipinski definition) is 1. The fraction of sp³-hybridized carbons (Fsp3) is 0.300. The maximum atomic E-state index is 11.0. The zero-order chi connectivity index (χ0) is 9.97. The Labute approximate surface area is 90.6 Å². The molecule has 1 amide bonds. The van der Waals surface area contributed by atoms with Crippen LogP contribution >= 0.6 is 15.9 Å². The van der Waals surface area contributed by atoms with Gasteiger partial charge < -0.3 is 10.1 Å². The molecule has 0 bridgehead atoms. The number of ether oxygens (including phenoxy) is 1. The summed E-state index contributed by atoms with van der Waals surface area (Å²) in [6.45, 7) is 0.677. The summed E-state index contributed by atoms with van der Waals surface area (Å²) in [5.41, 5.74) is 1.04. The first-order valence-corrected chi connectivity index (χ1v) is 5.25. The van der Waals surface area contributed by atoms with Gasteiger partial charge >= 0.3 is 6.09 Å². The molecule has 0 aliphatic carbocycles. The van der Waals surface area contributed by atoms with Crippen molar-refractivity contribution >= 4 is 22.0 Å². The van der Waals surface area contributed by atoms with Crippen molar-refractivity contribution in [2.75, 3.05) is 6.54 Å². The van der Waals surface area contributed by atoms with Gasteiger partial charge in [0.25, 0.3) is 0 Å². The van der Waals surface area contributed by atoms with Gasteiger partial charge in [-0.15, -0.1) is 0 Å². The Hall–Kier alpha value is -1.03. The SMILES string of the molecule is O=C1NCC[C@H](c2cccc(Br)c2)O1. The van der Waals surface area contributed by atoms with Crippen molar-refractivity contribution in [1.29, 1.82) is 0 Å². The van der Waals surface area contributed by atoms with Gasteiger partial charge in [-0.3, -0.25) is 0 Å². The summed E-state index contributed by atoms with van der Waals surface area (Å²) in [5, 5.41) is 2.62. The number of rotatable bonds is 1. The van der Waals surface area contributed by atoms with Crippen LogP contribution in [0, 0.1) is 0 Å². The van der Waals surface area contributed by atoms with E-state index in [1.54, 1.807) is 0 Å². The van der Waals surface area contributed by atoms with Gasteiger partial charge in [0.05, 0.1) is 0 Å². The van der Waals surface area contributed by atoms with E-state index in [-0.39, 0.29) is 12.2 Å². The molecular formula is C10H10BrNO2. The lowest BCUT2D eigenvalue weighted by molar-refractivity contribution is 0.0738. The number of hydrogen-bond acceptors (Lipinski definition) is 2. The Bertz CT molecular complexity index is 354. The normalized spacial score (nSPS) is 21.2. The molecule has 0 saturated carbocycles. The summed E-state index contributed by atoms with van der Waals surface area (Å²) in [5.74, 6) is 0. The van der Waals surface area contributed by atoms with Crippen molar-refractivity contribution in [2.45, 2.75) is 12.5 Å². The molecular weight excluding hydrogens is 246 g/mol. The van der Waals surface area contributed by atoms with Crippen LogP contribution in [0.3, 0.4) is 0 Å². The second-order valence-corrected chi connectivity index (χ2v) is 4.08. The summed E-state index contributed by atoms with van der Waals surface area (Å²) in [7, 11) is 0. The smallest absolute Gasteiger partial charge is 0.407 e. The number of carbonyl (C=O) groups excluding carboxylic acids is 1. The first kappa shape index (κ1) is 9.52. The maximum absolute atomic E-state index is 11.0. The summed E-state index contributed by atoms with van der Waals surface area (Å²) >= 11 is 3.39. The second-order valence-electron chi connectivity index (χ2n) is 3.16. The molecule has 1 aromatic rings. The molecule has 0 radical (unpaired) electrons. The number of cyclic esters (lactones) is 1. The zero-order valence-electron chi connectivity index (χ0n) is 7.50. The predicted molar refractivity (Wildman–Crippen MR) is 56.0 cm³/mol. The van der Waals surface area contributed by atoms with Gasteiger partial charge in [-0.05, 0) is 17.7 Å². The molecule has 1 aliphatic rings. The van der Waals surface area contributed by atoms with Gasteiger partial charge in [0.15, 0.2) is 0 Å². The first-order valence-electron chi connectivity index (χ1n) is 4.45. The van der Waals surface area contributed by atoms with Crippen molar-refractivity contribution in [1.82, 2.24) is 5.32 Å². The molecule has 1 aromatic carbocycles. The van der Waals surface area contributed by atoms with Crippen LogP contribution in [0.1, 0.15) is 18.1 Å². The van der Waals surface area contributed by atoms with Gasteiger partial charge in [-0.1, -0.05) is 28.1 Å². The monoisotopic (exact) mass is 255 g/mol. The van der Waals surface area contributed by atoms with E-state index in [0.717, 1.165) is 16.5 Å². The van der Waals surface area contributed by atoms with Crippen molar-refractivity contribution in [3.8, 4) is 0 Å². The van der Waals surface area contributed by atoms with E-state index < -0.39 is 0 Å². The molecule has 1 aliphatic heterocycles. The van der Waals surface area contributed by atoms with Crippen molar-refractivity contribution in [2.24, 2.45) is 0 Å². The molecule has 0 spiro atoms. The highest BCUT2D eigenvalue weighted by Crippen LogP contribution is 2.25. The average Bonchev–Trinajstić information content (AvgIpc) is 2.18. The van der Waals surface area contributed by atoms with E-state index >= 15 is 0 Å². The molecule has 1 N–H and O–H groups in total. The second kappa shape index (κ2) is 4.00. The topological polar surface area (TPSA) is 38.3 Å². The highest BCUT2D eigenvalue weighted by Gasteiger charge is 2.21. The number of carbonyl (C=O) groups is 1. The van der Waals surface area contributed by atoms with Crippen LogP contribution < -0.4 is 5.32 Å². The molecule has 4 heteroatoms. The Kier molecular flexibility index (Phi) is 2.72. The Morgan fingerprint density at radius 1 is 1.50 bits per heavy atom. The standard InChI is InChI=1S/C10H10BrNO2/c11-8-3-1-2-7(6-8)9-4-5-12-10(13)14-9/h1-3,6,9H,4-5H2,(H,12,13)/t9-/m1/s1. The lowest BCUT2D eigenvalue weighted by Gasteiger charge is -2.23. The van der Waals surface area contributed by atoms with Gasteiger partial charge in [0.2, 0.25) is 0 Å². The lowest BCUT2D eigenvalue weighted by Crippen LogP contribution is -2.33. The molecule has 1 heterocycles. The number of alkyl carbamates (subject to hydrolysis) is 1. The van der Waals surface area contributed by atoms with Crippen LogP contribution in [0.15, 0.2) is 28.7 Å². The largest absolute Gasteiger partial charge is 0.441 e. The highest BCUT2D eigenvalue weighted by atomic mass is 79.9. The van der Waals surface area contributed by atoms with Gasteiger partial charge in [-0.2, -0.15) is 0 Å². The third kappa shape index (κ3) is 2.07. The third-order valence-electron chi connectivity index (χ3n) is 2.15. The highest BCUT2D eigenvalue weighted by molar-refractivity contribution is 9.10. The molecule has 3 nitrogen and oxygen atoms in total. The molecule has 14 heavy (non-hydrogen) atoms. The molecule has 74 valence electrons. The van der Waals surface area contributed by atoms with Crippen molar-refractivity contribution < 1.29 is 9.53 Å². The summed E-state index contributed by atoms with van der Waals surface area (Å²) in [4.78, 5) is 11.0. The van der Waals surface area contributed by atoms with E-state index in [1.165, 1.54) is 0 Å². The fourth-order valence-electron chi connectivity index (χ4n) is 1.48. The van der Waals surface area contributed by atoms with Crippen LogP contribution in [0.4, 0.5) is 4.79 Å². The van der Waals surface area contributed by atoms with Crippen LogP contribution in [0.2, 0.25) is 0 Å². The van der Waals surface area contributed by atoms with Crippen LogP contribution in [-0.4, -0.2) is 12.6 Å². The quantitative estimate of drug-likeness (QED) is 0.838. The molecule has 0 aromatic heterocycles. The van der Waals surface area contributed by atoms with E-state index in [4.69, 9.17) is 4.74 Å². The zero-order valence-corrected chi connectivity index (χ0v) is 9.08. The number of halogens is 1. The summed E-state index contributed by atoms with van der Waals surface area (Å²) < 4.78 is 6.16. The van der Waals surface area contributed by atoms with Gasteiger partial charge in [0, 0.05) is 17.4 Å². The first-order chi connectivity index (χ1) is 6.75. The van der Waals surface area contributed by atoms with Crippen LogP contribution in [0.5, 0.6) is 0 Å². The van der Waals surface area contributed by atoms with Crippen molar-refractivity contribution in [3.05, 3.63) is 34.3 Å². The molecule has 0 unspecified atom stereocenters. The van der Waals surface area contributed by atoms with Crippen molar-refractivity contribution in [3.63, 3.8) is 0 Å². The van der Waals surface area contributed by atoms with E-state index in [0.29, 0.717) is 6.54 Å². The Morgan fingerprint density at radius 2 is 2.36 bits per heavy atom. The minimum Gasteiger partial charge on any atom is -0.441 e. The van der Waals surface area contributed by atoms with Crippen LogP contribution in [0.25, 0.3) is 0 Å². The number of nitrogens with one attached hydrogen (secondary N) is 1. The van der Waals surface area contributed by atoms with Crippen LogP contribution in [-0.2, 0) is 4.74 Å². The van der Waals surface area contributed by atoms with E-state index in [2.05, 4.69) is 21.2 Å². The van der Waals surface area contributed by atoms with Gasteiger partial charge in [-0.25, -0.2) is 4.79 Å². The molecule has 2 rings (SSSR count). The average molecular weight is 256 g/mol. The molecule has 1 saturated heterocycles. The maximum Gasteiger partial charge on any atom is 0.407 e. The third-order valence-corrected chi connectivity index (χ3v) is 2.64. The summed E-state index contributed by atoms with van der Waals surface area (Å²) in [6, 6.07) is 7.83. The Morgan fingerprint density at radius 3 is 3.07 bits per heavy atom. The molecule has 1 atom stereocenters. The fourth-order valence-corrected chi connectivity index (χ4v) is 1.89. The minimum atomic E-state index is -0.332. The number of amides is 1. The Balaban J connectivity index is 2.17. The number of benzene rings is 1. The minimum absolute atomic E-state index is 0.110. The van der Waals surface area contributed by atoms with E-state index in [9.17, 15) is 4.79 Å². The molecule has 1 fully saturated rings. The van der Waals surface area contributed by atoms with Gasteiger partial charge in [0.1, 0.15) is 6.10 Å². The predicted octanol–water partition coefficient (Wildman–Crippen LogP) is 2.62. The lowest BCUT2D eigenvalue weighted by atomic mass is 10.1. The van der Waals surface area contributed by atoms with E-state index in [1.807, 2.05) is 24.3 Å². The summed E-state index contributed by atoms with van der Waals surface area (Å²) in [6.07, 6.45) is 0.379.